The molecule has 1 atom stereocenters. The zero-order valence-corrected chi connectivity index (χ0v) is 22.5. The second kappa shape index (κ2) is 14.0. The van der Waals surface area contributed by atoms with Crippen LogP contribution in [0.3, 0.4) is 0 Å². The van der Waals surface area contributed by atoms with Gasteiger partial charge in [0, 0.05) is 12.1 Å². The van der Waals surface area contributed by atoms with Crippen molar-refractivity contribution in [2.45, 2.75) is 52.7 Å². The van der Waals surface area contributed by atoms with Crippen molar-refractivity contribution in [1.82, 2.24) is 10.6 Å². The number of ether oxygens (including phenoxy) is 1. The number of benzene rings is 2. The van der Waals surface area contributed by atoms with E-state index in [-0.39, 0.29) is 25.8 Å². The summed E-state index contributed by atoms with van der Waals surface area (Å²) < 4.78 is 29.2. The van der Waals surface area contributed by atoms with Gasteiger partial charge in [0.1, 0.15) is 11.6 Å². The van der Waals surface area contributed by atoms with Crippen molar-refractivity contribution in [1.29, 1.82) is 0 Å². The summed E-state index contributed by atoms with van der Waals surface area (Å²) in [6.07, 6.45) is 1.17. The topological polar surface area (TPSA) is 103 Å². The van der Waals surface area contributed by atoms with Gasteiger partial charge in [0.05, 0.1) is 19.4 Å². The molecule has 0 unspecified atom stereocenters. The molecule has 2 rings (SSSR count). The lowest BCUT2D eigenvalue weighted by molar-refractivity contribution is -0.122. The molecule has 2 aromatic carbocycles. The fourth-order valence-electron chi connectivity index (χ4n) is 3.33. The SMILES string of the molecule is CCOP(=O)(C/C=C(/NC(=O)[C@H](Cc1ccccc1)NC(=O)OC(C)(C)C)c1ccccc1)OCC. The minimum atomic E-state index is -3.38. The Labute approximate surface area is 213 Å². The van der Waals surface area contributed by atoms with Crippen LogP contribution in [0.5, 0.6) is 0 Å². The number of nitrogens with one attached hydrogen (secondary N) is 2. The minimum absolute atomic E-state index is 0.0258. The lowest BCUT2D eigenvalue weighted by Gasteiger charge is -2.24. The molecule has 196 valence electrons. The predicted octanol–water partition coefficient (Wildman–Crippen LogP) is 5.55. The van der Waals surface area contributed by atoms with Crippen LogP contribution in [-0.4, -0.2) is 43.0 Å². The molecule has 8 nitrogen and oxygen atoms in total. The van der Waals surface area contributed by atoms with Crippen molar-refractivity contribution in [3.8, 4) is 0 Å². The van der Waals surface area contributed by atoms with Crippen molar-refractivity contribution in [2.75, 3.05) is 19.4 Å². The maximum absolute atomic E-state index is 13.5. The molecule has 0 aliphatic heterocycles. The molecule has 2 amide bonds. The highest BCUT2D eigenvalue weighted by Crippen LogP contribution is 2.48. The number of carbonyl (C=O) groups excluding carboxylic acids is 2. The minimum Gasteiger partial charge on any atom is -0.444 e. The third-order valence-corrected chi connectivity index (χ3v) is 6.74. The van der Waals surface area contributed by atoms with Gasteiger partial charge in [-0.25, -0.2) is 4.79 Å². The third-order valence-electron chi connectivity index (χ3n) is 4.80. The van der Waals surface area contributed by atoms with Gasteiger partial charge in [-0.15, -0.1) is 0 Å². The van der Waals surface area contributed by atoms with E-state index in [2.05, 4.69) is 10.6 Å². The van der Waals surface area contributed by atoms with Gasteiger partial charge in [-0.05, 0) is 51.8 Å². The van der Waals surface area contributed by atoms with Crippen LogP contribution in [-0.2, 0) is 29.6 Å². The normalized spacial score (nSPS) is 13.1. The number of allylic oxidation sites excluding steroid dienone is 1. The Hall–Kier alpha value is -2.93. The standard InChI is InChI=1S/C27H37N2O6P/c1-6-33-36(32,34-7-2)19-18-23(22-16-12-9-13-17-22)28-25(30)24(20-21-14-10-8-11-15-21)29-26(31)35-27(3,4)5/h8-18,24H,6-7,19-20H2,1-5H3,(H,28,30)(H,29,31)/b23-18+/t24-/m0/s1. The van der Waals surface area contributed by atoms with Gasteiger partial charge in [-0.3, -0.25) is 9.36 Å². The van der Waals surface area contributed by atoms with E-state index in [1.807, 2.05) is 60.7 Å². The lowest BCUT2D eigenvalue weighted by Crippen LogP contribution is -2.49. The maximum Gasteiger partial charge on any atom is 0.408 e. The van der Waals surface area contributed by atoms with Crippen LogP contribution < -0.4 is 10.6 Å². The molecule has 0 aromatic heterocycles. The molecule has 0 saturated carbocycles. The van der Waals surface area contributed by atoms with Crippen LogP contribution in [0.15, 0.2) is 66.7 Å². The van der Waals surface area contributed by atoms with Crippen molar-refractivity contribution >= 4 is 25.3 Å². The first kappa shape index (κ1) is 29.3. The molecular weight excluding hydrogens is 479 g/mol. The molecule has 0 aliphatic rings. The van der Waals surface area contributed by atoms with Crippen LogP contribution in [0.4, 0.5) is 4.79 Å². The van der Waals surface area contributed by atoms with Gasteiger partial charge in [-0.2, -0.15) is 0 Å². The van der Waals surface area contributed by atoms with E-state index in [9.17, 15) is 14.2 Å². The Balaban J connectivity index is 2.33. The summed E-state index contributed by atoms with van der Waals surface area (Å²) in [6, 6.07) is 17.6. The summed E-state index contributed by atoms with van der Waals surface area (Å²) in [5, 5.41) is 5.59. The first-order chi connectivity index (χ1) is 17.0. The fourth-order valence-corrected chi connectivity index (χ4v) is 4.80. The van der Waals surface area contributed by atoms with Crippen molar-refractivity contribution in [2.24, 2.45) is 0 Å². The average molecular weight is 517 g/mol. The number of hydrogen-bond acceptors (Lipinski definition) is 6. The largest absolute Gasteiger partial charge is 0.444 e. The average Bonchev–Trinajstić information content (AvgIpc) is 2.81. The number of alkyl carbamates (subject to hydrolysis) is 1. The molecule has 0 spiro atoms. The molecule has 2 N–H and O–H groups in total. The van der Waals surface area contributed by atoms with E-state index >= 15 is 0 Å². The van der Waals surface area contributed by atoms with Crippen molar-refractivity contribution in [3.05, 3.63) is 77.9 Å². The summed E-state index contributed by atoms with van der Waals surface area (Å²) in [5.74, 6) is -0.442. The highest BCUT2D eigenvalue weighted by Gasteiger charge is 2.27. The molecule has 9 heteroatoms. The summed E-state index contributed by atoms with van der Waals surface area (Å²) in [6.45, 7) is 9.21. The van der Waals surface area contributed by atoms with E-state index in [4.69, 9.17) is 13.8 Å². The Morgan fingerprint density at radius 3 is 2.03 bits per heavy atom. The Kier molecular flexibility index (Phi) is 11.4. The first-order valence-electron chi connectivity index (χ1n) is 12.0. The molecule has 0 fully saturated rings. The van der Waals surface area contributed by atoms with Crippen LogP contribution in [0.1, 0.15) is 45.7 Å². The van der Waals surface area contributed by atoms with E-state index in [1.165, 1.54) is 0 Å². The summed E-state index contributed by atoms with van der Waals surface area (Å²) >= 11 is 0. The van der Waals surface area contributed by atoms with Gasteiger partial charge in [0.15, 0.2) is 0 Å². The predicted molar refractivity (Wildman–Crippen MR) is 142 cm³/mol. The summed E-state index contributed by atoms with van der Waals surface area (Å²) in [7, 11) is -3.38. The zero-order valence-electron chi connectivity index (χ0n) is 21.7. The van der Waals surface area contributed by atoms with E-state index in [0.717, 1.165) is 5.56 Å². The number of carbonyl (C=O) groups is 2. The Morgan fingerprint density at radius 2 is 1.50 bits per heavy atom. The molecule has 0 radical (unpaired) electrons. The quantitative estimate of drug-likeness (QED) is 0.359. The number of rotatable bonds is 12. The van der Waals surface area contributed by atoms with Gasteiger partial charge in [0.25, 0.3) is 0 Å². The zero-order chi connectivity index (χ0) is 26.6. The van der Waals surface area contributed by atoms with Crippen LogP contribution in [0.2, 0.25) is 0 Å². The second-order valence-corrected chi connectivity index (χ2v) is 11.1. The van der Waals surface area contributed by atoms with Gasteiger partial charge in [-0.1, -0.05) is 60.7 Å². The molecule has 0 aliphatic carbocycles. The summed E-state index contributed by atoms with van der Waals surface area (Å²) in [5.41, 5.74) is 1.30. The first-order valence-corrected chi connectivity index (χ1v) is 13.8. The highest BCUT2D eigenvalue weighted by molar-refractivity contribution is 7.54. The van der Waals surface area contributed by atoms with E-state index < -0.39 is 31.2 Å². The van der Waals surface area contributed by atoms with Crippen LogP contribution in [0.25, 0.3) is 5.70 Å². The smallest absolute Gasteiger partial charge is 0.408 e. The van der Waals surface area contributed by atoms with E-state index in [0.29, 0.717) is 11.3 Å². The molecule has 0 heterocycles. The van der Waals surface area contributed by atoms with Crippen molar-refractivity contribution in [3.63, 3.8) is 0 Å². The molecule has 2 aromatic rings. The molecular formula is C27H37N2O6P. The van der Waals surface area contributed by atoms with Gasteiger partial charge < -0.3 is 24.4 Å². The number of hydrogen-bond donors (Lipinski definition) is 2. The fraction of sp³-hybridized carbons (Fsp3) is 0.407. The highest BCUT2D eigenvalue weighted by atomic mass is 31.2. The lowest BCUT2D eigenvalue weighted by atomic mass is 10.0. The third kappa shape index (κ3) is 10.4. The monoisotopic (exact) mass is 516 g/mol. The maximum atomic E-state index is 13.5. The molecule has 0 saturated heterocycles. The van der Waals surface area contributed by atoms with Crippen molar-refractivity contribution < 1.29 is 27.9 Å². The van der Waals surface area contributed by atoms with E-state index in [1.54, 1.807) is 40.7 Å². The van der Waals surface area contributed by atoms with Gasteiger partial charge in [0.2, 0.25) is 5.91 Å². The van der Waals surface area contributed by atoms with Gasteiger partial charge >= 0.3 is 13.7 Å². The van der Waals surface area contributed by atoms with Crippen LogP contribution >= 0.6 is 7.60 Å². The summed E-state index contributed by atoms with van der Waals surface area (Å²) in [4.78, 5) is 26.0. The second-order valence-electron chi connectivity index (χ2n) is 8.99. The number of amides is 2. The molecule has 36 heavy (non-hydrogen) atoms. The van der Waals surface area contributed by atoms with Crippen LogP contribution in [0, 0.1) is 0 Å². The molecule has 0 bridgehead atoms. The Bertz CT molecular complexity index is 1040. The Morgan fingerprint density at radius 1 is 0.944 bits per heavy atom.